The number of fused-ring (bicyclic) bond motifs is 1. The van der Waals surface area contributed by atoms with E-state index in [4.69, 9.17) is 14.2 Å². The molecule has 1 atom stereocenters. The Balaban J connectivity index is 1.56. The van der Waals surface area contributed by atoms with E-state index < -0.39 is 17.7 Å². The van der Waals surface area contributed by atoms with Gasteiger partial charge in [0.2, 0.25) is 6.79 Å². The van der Waals surface area contributed by atoms with Crippen LogP contribution >= 0.6 is 0 Å². The number of hydrogen-bond acceptors (Lipinski definition) is 6. The second kappa shape index (κ2) is 8.94. The molecule has 0 saturated carbocycles. The maximum atomic E-state index is 13.2. The van der Waals surface area contributed by atoms with Gasteiger partial charge in [-0.1, -0.05) is 42.5 Å². The molecule has 1 fully saturated rings. The Morgan fingerprint density at radius 1 is 1.00 bits per heavy atom. The average molecular weight is 457 g/mol. The van der Waals surface area contributed by atoms with Crippen LogP contribution in [-0.2, 0) is 16.1 Å². The first-order valence-corrected chi connectivity index (χ1v) is 11.0. The van der Waals surface area contributed by atoms with E-state index in [2.05, 4.69) is 0 Å². The molecule has 0 radical (unpaired) electrons. The van der Waals surface area contributed by atoms with Crippen LogP contribution < -0.4 is 14.2 Å². The number of hydrogen-bond donors (Lipinski definition) is 1. The zero-order valence-corrected chi connectivity index (χ0v) is 18.6. The number of Topliss-reactive ketones (excluding diaryl/α,β-unsaturated/α-hetero) is 1. The summed E-state index contributed by atoms with van der Waals surface area (Å²) in [6, 6.07) is 20.8. The average Bonchev–Trinajstić information content (AvgIpc) is 3.43. The van der Waals surface area contributed by atoms with Crippen LogP contribution in [0.15, 0.2) is 78.4 Å². The zero-order valence-electron chi connectivity index (χ0n) is 18.6. The summed E-state index contributed by atoms with van der Waals surface area (Å²) in [5.74, 6) is 0.131. The summed E-state index contributed by atoms with van der Waals surface area (Å²) in [6.45, 7) is 2.76. The first kappa shape index (κ1) is 21.6. The number of amides is 1. The molecule has 0 aromatic heterocycles. The van der Waals surface area contributed by atoms with E-state index in [0.717, 1.165) is 16.9 Å². The number of ketones is 1. The van der Waals surface area contributed by atoms with E-state index in [-0.39, 0.29) is 24.7 Å². The van der Waals surface area contributed by atoms with Crippen molar-refractivity contribution in [3.05, 3.63) is 95.1 Å². The van der Waals surface area contributed by atoms with Crippen LogP contribution in [0.5, 0.6) is 17.2 Å². The van der Waals surface area contributed by atoms with Crippen molar-refractivity contribution >= 4 is 17.4 Å². The summed E-state index contributed by atoms with van der Waals surface area (Å²) in [5, 5.41) is 11.2. The fourth-order valence-corrected chi connectivity index (χ4v) is 4.28. The lowest BCUT2D eigenvalue weighted by molar-refractivity contribution is -0.140. The first-order chi connectivity index (χ1) is 16.6. The lowest BCUT2D eigenvalue weighted by Crippen LogP contribution is -2.29. The van der Waals surface area contributed by atoms with Gasteiger partial charge in [-0.05, 0) is 48.4 Å². The molecular weight excluding hydrogens is 434 g/mol. The molecule has 1 amide bonds. The summed E-state index contributed by atoms with van der Waals surface area (Å²) in [7, 11) is 0. The van der Waals surface area contributed by atoms with Crippen molar-refractivity contribution in [1.82, 2.24) is 4.90 Å². The molecule has 3 aromatic rings. The van der Waals surface area contributed by atoms with Gasteiger partial charge in [0.15, 0.2) is 11.5 Å². The number of rotatable bonds is 6. The van der Waals surface area contributed by atoms with E-state index in [1.807, 2.05) is 61.5 Å². The Bertz CT molecular complexity index is 1270. The molecule has 1 saturated heterocycles. The highest BCUT2D eigenvalue weighted by Gasteiger charge is 2.46. The van der Waals surface area contributed by atoms with E-state index in [9.17, 15) is 14.7 Å². The third-order valence-corrected chi connectivity index (χ3v) is 5.89. The van der Waals surface area contributed by atoms with Crippen LogP contribution in [0.2, 0.25) is 0 Å². The molecule has 2 aliphatic heterocycles. The summed E-state index contributed by atoms with van der Waals surface area (Å²) < 4.78 is 16.2. The van der Waals surface area contributed by atoms with Crippen LogP contribution in [0.1, 0.15) is 29.7 Å². The normalized spacial score (nSPS) is 18.4. The van der Waals surface area contributed by atoms with Crippen molar-refractivity contribution < 1.29 is 28.9 Å². The molecule has 7 heteroatoms. The van der Waals surface area contributed by atoms with Crippen molar-refractivity contribution in [2.45, 2.75) is 19.5 Å². The zero-order chi connectivity index (χ0) is 23.7. The summed E-state index contributed by atoms with van der Waals surface area (Å²) >= 11 is 0. The van der Waals surface area contributed by atoms with Crippen molar-refractivity contribution in [3.63, 3.8) is 0 Å². The van der Waals surface area contributed by atoms with Gasteiger partial charge in [-0.3, -0.25) is 9.59 Å². The number of aliphatic hydroxyl groups is 1. The molecule has 0 spiro atoms. The fraction of sp³-hybridized carbons (Fsp3) is 0.185. The van der Waals surface area contributed by atoms with Gasteiger partial charge in [0, 0.05) is 12.1 Å². The van der Waals surface area contributed by atoms with E-state index in [0.29, 0.717) is 23.7 Å². The maximum absolute atomic E-state index is 13.2. The van der Waals surface area contributed by atoms with Gasteiger partial charge >= 0.3 is 0 Å². The fourth-order valence-electron chi connectivity index (χ4n) is 4.28. The number of likely N-dealkylation sites (tertiary alicyclic amines) is 1. The largest absolute Gasteiger partial charge is 0.507 e. The Morgan fingerprint density at radius 2 is 1.74 bits per heavy atom. The second-order valence-electron chi connectivity index (χ2n) is 7.98. The molecule has 2 aliphatic rings. The molecule has 0 bridgehead atoms. The topological polar surface area (TPSA) is 85.3 Å². The lowest BCUT2D eigenvalue weighted by atomic mass is 9.95. The number of carbonyl (C=O) groups excluding carboxylic acids is 2. The highest BCUT2D eigenvalue weighted by atomic mass is 16.7. The number of aliphatic hydroxyl groups excluding tert-OH is 1. The smallest absolute Gasteiger partial charge is 0.295 e. The van der Waals surface area contributed by atoms with E-state index in [1.54, 1.807) is 18.2 Å². The summed E-state index contributed by atoms with van der Waals surface area (Å²) in [6.07, 6.45) is 0. The molecule has 2 heterocycles. The molecule has 34 heavy (non-hydrogen) atoms. The summed E-state index contributed by atoms with van der Waals surface area (Å²) in [4.78, 5) is 27.8. The van der Waals surface area contributed by atoms with E-state index >= 15 is 0 Å². The third kappa shape index (κ3) is 3.85. The second-order valence-corrected chi connectivity index (χ2v) is 7.98. The Morgan fingerprint density at radius 3 is 2.47 bits per heavy atom. The van der Waals surface area contributed by atoms with Crippen LogP contribution in [-0.4, -0.2) is 35.1 Å². The van der Waals surface area contributed by atoms with Gasteiger partial charge < -0.3 is 24.2 Å². The molecule has 1 unspecified atom stereocenters. The monoisotopic (exact) mass is 457 g/mol. The lowest BCUT2D eigenvalue weighted by Gasteiger charge is -2.25. The number of benzene rings is 3. The number of nitrogens with zero attached hydrogens (tertiary/aromatic N) is 1. The first-order valence-electron chi connectivity index (χ1n) is 11.0. The van der Waals surface area contributed by atoms with Gasteiger partial charge in [-0.15, -0.1) is 0 Å². The molecule has 0 aliphatic carbocycles. The van der Waals surface area contributed by atoms with Crippen LogP contribution in [0, 0.1) is 0 Å². The minimum atomic E-state index is -0.738. The van der Waals surface area contributed by atoms with Gasteiger partial charge in [0.05, 0.1) is 18.2 Å². The number of carbonyl (C=O) groups is 2. The standard InChI is InChI=1S/C27H23NO6/c1-2-32-20-11-8-17(9-12-20)15-28-24(18-6-4-3-5-7-18)23(26(30)27(28)31)25(29)19-10-13-21-22(14-19)34-16-33-21/h3-14,24,29H,2,15-16H2,1H3/b25-23-. The predicted molar refractivity (Wildman–Crippen MR) is 124 cm³/mol. The van der Waals surface area contributed by atoms with Crippen molar-refractivity contribution in [3.8, 4) is 17.2 Å². The molecular formula is C27H23NO6. The van der Waals surface area contributed by atoms with Gasteiger partial charge in [-0.25, -0.2) is 0 Å². The van der Waals surface area contributed by atoms with E-state index in [1.165, 1.54) is 4.90 Å². The molecule has 5 rings (SSSR count). The van der Waals surface area contributed by atoms with Crippen molar-refractivity contribution in [2.24, 2.45) is 0 Å². The molecule has 3 aromatic carbocycles. The molecule has 172 valence electrons. The predicted octanol–water partition coefficient (Wildman–Crippen LogP) is 4.44. The molecule has 1 N–H and O–H groups in total. The Kier molecular flexibility index (Phi) is 5.67. The Labute approximate surface area is 196 Å². The SMILES string of the molecule is CCOc1ccc(CN2C(=O)C(=O)/C(=C(\O)c3ccc4c(c3)OCO4)C2c2ccccc2)cc1. The number of ether oxygens (including phenoxy) is 3. The third-order valence-electron chi connectivity index (χ3n) is 5.89. The van der Waals surface area contributed by atoms with Crippen LogP contribution in [0.3, 0.4) is 0 Å². The van der Waals surface area contributed by atoms with Crippen molar-refractivity contribution in [2.75, 3.05) is 13.4 Å². The Hall–Kier alpha value is -4.26. The van der Waals surface area contributed by atoms with Gasteiger partial charge in [-0.2, -0.15) is 0 Å². The quantitative estimate of drug-likeness (QED) is 0.335. The van der Waals surface area contributed by atoms with Gasteiger partial charge in [0.1, 0.15) is 11.5 Å². The van der Waals surface area contributed by atoms with Crippen molar-refractivity contribution in [1.29, 1.82) is 0 Å². The van der Waals surface area contributed by atoms with Gasteiger partial charge in [0.25, 0.3) is 11.7 Å². The van der Waals surface area contributed by atoms with Crippen LogP contribution in [0.25, 0.3) is 5.76 Å². The highest BCUT2D eigenvalue weighted by Crippen LogP contribution is 2.42. The minimum absolute atomic E-state index is 0.0426. The minimum Gasteiger partial charge on any atom is -0.507 e. The summed E-state index contributed by atoms with van der Waals surface area (Å²) in [5.41, 5.74) is 1.99. The highest BCUT2D eigenvalue weighted by molar-refractivity contribution is 6.46. The van der Waals surface area contributed by atoms with Crippen LogP contribution in [0.4, 0.5) is 0 Å². The maximum Gasteiger partial charge on any atom is 0.295 e. The molecule has 7 nitrogen and oxygen atoms in total.